The molecule has 0 heterocycles. The van der Waals surface area contributed by atoms with Gasteiger partial charge in [-0.3, -0.25) is 4.79 Å². The molecule has 2 saturated carbocycles. The van der Waals surface area contributed by atoms with Gasteiger partial charge in [0.2, 0.25) is 5.91 Å². The molecule has 0 radical (unpaired) electrons. The monoisotopic (exact) mass is 518 g/mol. The molecule has 2 aromatic rings. The summed E-state index contributed by atoms with van der Waals surface area (Å²) in [5, 5.41) is 4.19. The van der Waals surface area contributed by atoms with E-state index in [2.05, 4.69) is 49.3 Å². The number of fused-ring (bicyclic) bond motifs is 1. The number of hydrogen-bond acceptors (Lipinski definition) is 3. The molecule has 0 spiro atoms. The predicted octanol–water partition coefficient (Wildman–Crippen LogP) is 6.07. The van der Waals surface area contributed by atoms with E-state index in [0.717, 1.165) is 32.2 Å². The maximum Gasteiger partial charge on any atom is 0.244 e. The second-order valence-electron chi connectivity index (χ2n) is 8.16. The largest absolute Gasteiger partial charge is 0.487 e. The standard InChI is InChI=1S/C23H24Br2N2O2/c1-23-10-6-5-9-17(23)20(23)22(28)27-26-13-16-11-18(24)21(19(25)12-16)29-14-15-7-3-2-4-8-15/h2-4,7-8,11-13,17,20H,5-6,9-10,14H2,1H3,(H,27,28)/b26-13-/t17-,20-,23+/m1/s1. The van der Waals surface area contributed by atoms with Gasteiger partial charge in [0.15, 0.2) is 0 Å². The predicted molar refractivity (Wildman–Crippen MR) is 122 cm³/mol. The summed E-state index contributed by atoms with van der Waals surface area (Å²) in [6.07, 6.45) is 6.48. The van der Waals surface area contributed by atoms with Crippen molar-refractivity contribution in [2.75, 3.05) is 0 Å². The van der Waals surface area contributed by atoms with Crippen LogP contribution in [-0.2, 0) is 11.4 Å². The second-order valence-corrected chi connectivity index (χ2v) is 9.87. The van der Waals surface area contributed by atoms with Gasteiger partial charge in [-0.05, 0) is 79.3 Å². The van der Waals surface area contributed by atoms with Crippen molar-refractivity contribution in [3.63, 3.8) is 0 Å². The first-order chi connectivity index (χ1) is 14.0. The smallest absolute Gasteiger partial charge is 0.244 e. The van der Waals surface area contributed by atoms with Crippen molar-refractivity contribution in [3.8, 4) is 5.75 Å². The van der Waals surface area contributed by atoms with Gasteiger partial charge in [-0.25, -0.2) is 5.43 Å². The van der Waals surface area contributed by atoms with Gasteiger partial charge in [0.05, 0.1) is 15.2 Å². The Morgan fingerprint density at radius 1 is 1.24 bits per heavy atom. The van der Waals surface area contributed by atoms with Crippen molar-refractivity contribution >= 4 is 44.0 Å². The number of rotatable bonds is 6. The molecule has 4 nitrogen and oxygen atoms in total. The zero-order valence-electron chi connectivity index (χ0n) is 16.3. The summed E-state index contributed by atoms with van der Waals surface area (Å²) >= 11 is 7.14. The molecular formula is C23H24Br2N2O2. The first-order valence-electron chi connectivity index (χ1n) is 9.98. The van der Waals surface area contributed by atoms with Crippen LogP contribution in [-0.4, -0.2) is 12.1 Å². The second kappa shape index (κ2) is 8.60. The van der Waals surface area contributed by atoms with Crippen LogP contribution in [0.4, 0.5) is 0 Å². The first kappa shape index (κ1) is 20.6. The van der Waals surface area contributed by atoms with Crippen LogP contribution >= 0.6 is 31.9 Å². The van der Waals surface area contributed by atoms with E-state index in [1.807, 2.05) is 42.5 Å². The van der Waals surface area contributed by atoms with Gasteiger partial charge < -0.3 is 4.74 Å². The van der Waals surface area contributed by atoms with E-state index in [-0.39, 0.29) is 17.2 Å². The maximum absolute atomic E-state index is 12.5. The fourth-order valence-electron chi connectivity index (χ4n) is 4.61. The molecule has 0 aromatic heterocycles. The van der Waals surface area contributed by atoms with Gasteiger partial charge in [-0.1, -0.05) is 50.1 Å². The summed E-state index contributed by atoms with van der Waals surface area (Å²) in [7, 11) is 0. The average Bonchev–Trinajstić information content (AvgIpc) is 3.33. The summed E-state index contributed by atoms with van der Waals surface area (Å²) in [6, 6.07) is 13.9. The molecule has 0 unspecified atom stereocenters. The number of ether oxygens (including phenoxy) is 1. The third kappa shape index (κ3) is 4.43. The summed E-state index contributed by atoms with van der Waals surface area (Å²) in [4.78, 5) is 12.5. The molecule has 2 fully saturated rings. The lowest BCUT2D eigenvalue weighted by Gasteiger charge is -2.15. The molecule has 2 aromatic carbocycles. The SMILES string of the molecule is C[C@]12CCCC[C@@H]1[C@@H]2C(=O)N/N=C\c1cc(Br)c(OCc2ccccc2)c(Br)c1. The number of amides is 1. The number of benzene rings is 2. The molecular weight excluding hydrogens is 496 g/mol. The van der Waals surface area contributed by atoms with E-state index in [1.165, 1.54) is 19.3 Å². The topological polar surface area (TPSA) is 50.7 Å². The van der Waals surface area contributed by atoms with E-state index in [0.29, 0.717) is 12.5 Å². The van der Waals surface area contributed by atoms with Gasteiger partial charge in [0, 0.05) is 5.92 Å². The number of carbonyl (C=O) groups excluding carboxylic acids is 1. The molecule has 29 heavy (non-hydrogen) atoms. The minimum atomic E-state index is 0.0524. The van der Waals surface area contributed by atoms with E-state index >= 15 is 0 Å². The number of hydrogen-bond donors (Lipinski definition) is 1. The number of nitrogens with one attached hydrogen (secondary N) is 1. The summed E-state index contributed by atoms with van der Waals surface area (Å²) in [6.45, 7) is 2.73. The number of nitrogens with zero attached hydrogens (tertiary/aromatic N) is 1. The van der Waals surface area contributed by atoms with Gasteiger partial charge in [0.25, 0.3) is 0 Å². The third-order valence-electron chi connectivity index (χ3n) is 6.25. The average molecular weight is 520 g/mol. The molecule has 2 aliphatic rings. The third-order valence-corrected chi connectivity index (χ3v) is 7.43. The van der Waals surface area contributed by atoms with Crippen LogP contribution in [0.25, 0.3) is 0 Å². The van der Waals surface area contributed by atoms with E-state index in [9.17, 15) is 4.79 Å². The Kier molecular flexibility index (Phi) is 6.11. The van der Waals surface area contributed by atoms with Crippen LogP contribution in [0.1, 0.15) is 43.7 Å². The molecule has 1 N–H and O–H groups in total. The van der Waals surface area contributed by atoms with Crippen molar-refractivity contribution < 1.29 is 9.53 Å². The van der Waals surface area contributed by atoms with Gasteiger partial charge in [-0.2, -0.15) is 5.10 Å². The van der Waals surface area contributed by atoms with E-state index < -0.39 is 0 Å². The fraction of sp³-hybridized carbons (Fsp3) is 0.391. The quantitative estimate of drug-likeness (QED) is 0.372. The Morgan fingerprint density at radius 2 is 1.97 bits per heavy atom. The van der Waals surface area contributed by atoms with Gasteiger partial charge in [0.1, 0.15) is 12.4 Å². The van der Waals surface area contributed by atoms with Crippen molar-refractivity contribution in [3.05, 3.63) is 62.5 Å². The van der Waals surface area contributed by atoms with Crippen LogP contribution in [0.3, 0.4) is 0 Å². The molecule has 2 aliphatic carbocycles. The van der Waals surface area contributed by atoms with Crippen molar-refractivity contribution in [2.24, 2.45) is 22.4 Å². The lowest BCUT2D eigenvalue weighted by Crippen LogP contribution is -2.22. The Labute approximate surface area is 188 Å². The Hall–Kier alpha value is -1.66. The minimum Gasteiger partial charge on any atom is -0.487 e. The van der Waals surface area contributed by atoms with Crippen LogP contribution in [0.5, 0.6) is 5.75 Å². The zero-order valence-corrected chi connectivity index (χ0v) is 19.5. The first-order valence-corrected chi connectivity index (χ1v) is 11.6. The lowest BCUT2D eigenvalue weighted by atomic mass is 9.90. The van der Waals surface area contributed by atoms with E-state index in [1.54, 1.807) is 6.21 Å². The van der Waals surface area contributed by atoms with Crippen LogP contribution in [0.2, 0.25) is 0 Å². The van der Waals surface area contributed by atoms with E-state index in [4.69, 9.17) is 4.74 Å². The zero-order chi connectivity index (χ0) is 20.4. The number of carbonyl (C=O) groups is 1. The molecule has 0 bridgehead atoms. The Balaban J connectivity index is 1.36. The highest BCUT2D eigenvalue weighted by Gasteiger charge is 2.64. The highest BCUT2D eigenvalue weighted by Crippen LogP contribution is 2.66. The minimum absolute atomic E-state index is 0.0524. The summed E-state index contributed by atoms with van der Waals surface area (Å²) in [5.74, 6) is 1.45. The van der Waals surface area contributed by atoms with Crippen LogP contribution in [0.15, 0.2) is 56.5 Å². The molecule has 4 rings (SSSR count). The highest BCUT2D eigenvalue weighted by molar-refractivity contribution is 9.11. The maximum atomic E-state index is 12.5. The lowest BCUT2D eigenvalue weighted by molar-refractivity contribution is -0.123. The Bertz CT molecular complexity index is 909. The summed E-state index contributed by atoms with van der Waals surface area (Å²) < 4.78 is 7.61. The van der Waals surface area contributed by atoms with Gasteiger partial charge in [-0.15, -0.1) is 0 Å². The van der Waals surface area contributed by atoms with Crippen molar-refractivity contribution in [1.82, 2.24) is 5.43 Å². The van der Waals surface area contributed by atoms with Crippen LogP contribution in [0, 0.1) is 17.3 Å². The van der Waals surface area contributed by atoms with Crippen LogP contribution < -0.4 is 10.2 Å². The molecule has 0 aliphatic heterocycles. The number of hydrazone groups is 1. The molecule has 6 heteroatoms. The number of halogens is 2. The Morgan fingerprint density at radius 3 is 2.62 bits per heavy atom. The molecule has 0 saturated heterocycles. The van der Waals surface area contributed by atoms with Gasteiger partial charge >= 0.3 is 0 Å². The highest BCUT2D eigenvalue weighted by atomic mass is 79.9. The van der Waals surface area contributed by atoms with Crippen molar-refractivity contribution in [2.45, 2.75) is 39.2 Å². The normalized spacial score (nSPS) is 25.5. The molecule has 3 atom stereocenters. The fourth-order valence-corrected chi connectivity index (χ4v) is 6.06. The summed E-state index contributed by atoms with van der Waals surface area (Å²) in [5.41, 5.74) is 4.92. The molecule has 152 valence electrons. The van der Waals surface area contributed by atoms with Crippen molar-refractivity contribution in [1.29, 1.82) is 0 Å². The molecule has 1 amide bonds.